The molecule has 0 saturated carbocycles. The maximum absolute atomic E-state index is 6.28. The number of hydrogen-bond acceptors (Lipinski definition) is 5. The van der Waals surface area contributed by atoms with Gasteiger partial charge in [0, 0.05) is 12.0 Å². The molecule has 3 aromatic rings. The van der Waals surface area contributed by atoms with E-state index in [2.05, 4.69) is 34.7 Å². The van der Waals surface area contributed by atoms with E-state index >= 15 is 0 Å². The number of hydrazone groups is 1. The molecule has 24 heavy (non-hydrogen) atoms. The van der Waals surface area contributed by atoms with Gasteiger partial charge in [-0.15, -0.1) is 11.3 Å². The maximum atomic E-state index is 6.28. The Morgan fingerprint density at radius 1 is 1.12 bits per heavy atom. The lowest BCUT2D eigenvalue weighted by molar-refractivity contribution is -0.0165. The number of thiophene rings is 1. The lowest BCUT2D eigenvalue weighted by atomic mass is 9.98. The van der Waals surface area contributed by atoms with Gasteiger partial charge in [0.15, 0.2) is 0 Å². The zero-order chi connectivity index (χ0) is 16.1. The van der Waals surface area contributed by atoms with Crippen molar-refractivity contribution in [1.82, 2.24) is 5.01 Å². The van der Waals surface area contributed by atoms with Gasteiger partial charge >= 0.3 is 0 Å². The van der Waals surface area contributed by atoms with Crippen LogP contribution in [0.3, 0.4) is 0 Å². The van der Waals surface area contributed by atoms with Crippen molar-refractivity contribution in [2.75, 3.05) is 0 Å². The van der Waals surface area contributed by atoms with Gasteiger partial charge in [-0.25, -0.2) is 5.01 Å². The molecule has 4 heterocycles. The van der Waals surface area contributed by atoms with Gasteiger partial charge in [-0.3, -0.25) is 0 Å². The first-order valence-electron chi connectivity index (χ1n) is 8.01. The zero-order valence-corrected chi connectivity index (χ0v) is 14.0. The van der Waals surface area contributed by atoms with E-state index in [1.54, 1.807) is 11.3 Å². The Bertz CT molecular complexity index is 913. The SMILES string of the molecule is Cc1ccc(C2=NN3[C@H](C2)c2ccccc2O[C@H]3c2cccs2)o1. The van der Waals surface area contributed by atoms with Gasteiger partial charge in [0.25, 0.3) is 0 Å². The predicted octanol–water partition coefficient (Wildman–Crippen LogP) is 4.89. The van der Waals surface area contributed by atoms with Gasteiger partial charge in [-0.1, -0.05) is 24.3 Å². The van der Waals surface area contributed by atoms with Crippen molar-refractivity contribution < 1.29 is 9.15 Å². The third kappa shape index (κ3) is 2.08. The smallest absolute Gasteiger partial charge is 0.222 e. The molecule has 0 saturated heterocycles. The first-order valence-corrected chi connectivity index (χ1v) is 8.89. The monoisotopic (exact) mass is 336 g/mol. The van der Waals surface area contributed by atoms with Crippen LogP contribution in [0.4, 0.5) is 0 Å². The van der Waals surface area contributed by atoms with E-state index in [1.165, 1.54) is 5.56 Å². The van der Waals surface area contributed by atoms with Crippen LogP contribution in [-0.4, -0.2) is 10.7 Å². The third-order valence-corrected chi connectivity index (χ3v) is 5.41. The summed E-state index contributed by atoms with van der Waals surface area (Å²) in [5.41, 5.74) is 2.17. The number of furan rings is 1. The lowest BCUT2D eigenvalue weighted by Crippen LogP contribution is -2.33. The van der Waals surface area contributed by atoms with Gasteiger partial charge < -0.3 is 9.15 Å². The van der Waals surface area contributed by atoms with Gasteiger partial charge in [-0.2, -0.15) is 5.10 Å². The zero-order valence-electron chi connectivity index (χ0n) is 13.2. The molecule has 4 nitrogen and oxygen atoms in total. The van der Waals surface area contributed by atoms with Gasteiger partial charge in [0.1, 0.15) is 23.0 Å². The highest BCUT2D eigenvalue weighted by molar-refractivity contribution is 7.10. The van der Waals surface area contributed by atoms with Crippen molar-refractivity contribution in [3.63, 3.8) is 0 Å². The summed E-state index contributed by atoms with van der Waals surface area (Å²) in [5.74, 6) is 2.71. The number of nitrogens with zero attached hydrogens (tertiary/aromatic N) is 2. The summed E-state index contributed by atoms with van der Waals surface area (Å²) in [6.07, 6.45) is 0.647. The third-order valence-electron chi connectivity index (χ3n) is 4.51. The molecule has 0 amide bonds. The summed E-state index contributed by atoms with van der Waals surface area (Å²) in [6.45, 7) is 1.96. The van der Waals surface area contributed by atoms with E-state index < -0.39 is 0 Å². The molecule has 2 aliphatic heterocycles. The molecule has 0 bridgehead atoms. The Hall–Kier alpha value is -2.53. The van der Waals surface area contributed by atoms with Crippen molar-refractivity contribution in [3.8, 4) is 5.75 Å². The number of hydrogen-bond donors (Lipinski definition) is 0. The molecule has 0 spiro atoms. The minimum Gasteiger partial charge on any atom is -0.464 e. The number of fused-ring (bicyclic) bond motifs is 3. The van der Waals surface area contributed by atoms with E-state index in [0.29, 0.717) is 0 Å². The molecule has 0 radical (unpaired) electrons. The molecular weight excluding hydrogens is 320 g/mol. The Morgan fingerprint density at radius 2 is 2.04 bits per heavy atom. The topological polar surface area (TPSA) is 38.0 Å². The van der Waals surface area contributed by atoms with Crippen molar-refractivity contribution in [2.24, 2.45) is 5.10 Å². The Labute approximate surface area is 144 Å². The Kier molecular flexibility index (Phi) is 3.03. The second-order valence-corrected chi connectivity index (χ2v) is 7.06. The number of benzene rings is 1. The second kappa shape index (κ2) is 5.24. The van der Waals surface area contributed by atoms with Crippen LogP contribution in [0.2, 0.25) is 0 Å². The predicted molar refractivity (Wildman–Crippen MR) is 93.3 cm³/mol. The molecular formula is C19H16N2O2S. The van der Waals surface area contributed by atoms with Crippen molar-refractivity contribution >= 4 is 17.0 Å². The number of para-hydroxylation sites is 1. The van der Waals surface area contributed by atoms with Crippen LogP contribution in [-0.2, 0) is 0 Å². The number of rotatable bonds is 2. The average Bonchev–Trinajstić information content (AvgIpc) is 3.34. The summed E-state index contributed by atoms with van der Waals surface area (Å²) in [7, 11) is 0. The summed E-state index contributed by atoms with van der Waals surface area (Å²) in [5, 5.41) is 9.03. The van der Waals surface area contributed by atoms with Gasteiger partial charge in [0.05, 0.1) is 10.9 Å². The van der Waals surface area contributed by atoms with Crippen LogP contribution < -0.4 is 4.74 Å². The molecule has 2 aromatic heterocycles. The second-order valence-electron chi connectivity index (χ2n) is 6.08. The summed E-state index contributed by atoms with van der Waals surface area (Å²) in [4.78, 5) is 1.16. The van der Waals surface area contributed by atoms with E-state index in [4.69, 9.17) is 14.3 Å². The molecule has 5 rings (SSSR count). The lowest BCUT2D eigenvalue weighted by Gasteiger charge is -2.37. The Balaban J connectivity index is 1.60. The fraction of sp³-hybridized carbons (Fsp3) is 0.211. The highest BCUT2D eigenvalue weighted by Crippen LogP contribution is 2.48. The van der Waals surface area contributed by atoms with E-state index in [-0.39, 0.29) is 12.3 Å². The first-order chi connectivity index (χ1) is 11.8. The van der Waals surface area contributed by atoms with Crippen LogP contribution in [0.15, 0.2) is 63.4 Å². The normalized spacial score (nSPS) is 21.9. The molecule has 0 aliphatic carbocycles. The fourth-order valence-electron chi connectivity index (χ4n) is 3.39. The highest BCUT2D eigenvalue weighted by Gasteiger charge is 2.41. The van der Waals surface area contributed by atoms with Gasteiger partial charge in [0.2, 0.25) is 6.23 Å². The molecule has 2 aliphatic rings. The minimum atomic E-state index is -0.182. The highest BCUT2D eigenvalue weighted by atomic mass is 32.1. The largest absolute Gasteiger partial charge is 0.464 e. The summed E-state index contributed by atoms with van der Waals surface area (Å²) in [6, 6.07) is 16.6. The molecule has 120 valence electrons. The van der Waals surface area contributed by atoms with E-state index in [1.807, 2.05) is 31.2 Å². The average molecular weight is 336 g/mol. The molecule has 0 fully saturated rings. The standard InChI is InChI=1S/C19H16N2O2S/c1-12-8-9-17(22-12)14-11-15-13-5-2-3-6-16(13)23-19(21(15)20-14)18-7-4-10-24-18/h2-10,15,19H,11H2,1H3/t15-,19+/m1/s1. The number of aryl methyl sites for hydroxylation is 1. The Morgan fingerprint density at radius 3 is 2.83 bits per heavy atom. The van der Waals surface area contributed by atoms with Crippen LogP contribution in [0.25, 0.3) is 0 Å². The molecule has 2 atom stereocenters. The summed E-state index contributed by atoms with van der Waals surface area (Å²) >= 11 is 1.69. The van der Waals surface area contributed by atoms with Crippen molar-refractivity contribution in [2.45, 2.75) is 25.6 Å². The maximum Gasteiger partial charge on any atom is 0.222 e. The first kappa shape index (κ1) is 13.9. The molecule has 1 aromatic carbocycles. The van der Waals surface area contributed by atoms with E-state index in [9.17, 15) is 0 Å². The number of ether oxygens (including phenoxy) is 1. The summed E-state index contributed by atoms with van der Waals surface area (Å²) < 4.78 is 12.1. The molecule has 5 heteroatoms. The van der Waals surface area contributed by atoms with Crippen LogP contribution in [0, 0.1) is 6.92 Å². The fourth-order valence-corrected chi connectivity index (χ4v) is 4.14. The van der Waals surface area contributed by atoms with Crippen LogP contribution in [0.1, 0.15) is 40.7 Å². The van der Waals surface area contributed by atoms with Crippen LogP contribution in [0.5, 0.6) is 5.75 Å². The molecule has 0 N–H and O–H groups in total. The molecule has 0 unspecified atom stereocenters. The van der Waals surface area contributed by atoms with Crippen LogP contribution >= 0.6 is 11.3 Å². The van der Waals surface area contributed by atoms with Crippen molar-refractivity contribution in [1.29, 1.82) is 0 Å². The quantitative estimate of drug-likeness (QED) is 0.668. The van der Waals surface area contributed by atoms with Gasteiger partial charge in [-0.05, 0) is 36.6 Å². The minimum absolute atomic E-state index is 0.182. The van der Waals surface area contributed by atoms with E-state index in [0.717, 1.165) is 34.3 Å². The van der Waals surface area contributed by atoms with Crippen molar-refractivity contribution in [3.05, 3.63) is 75.9 Å².